The molecule has 148 valence electrons. The first-order chi connectivity index (χ1) is 12.2. The summed E-state index contributed by atoms with van der Waals surface area (Å²) in [5.41, 5.74) is 0.425. The van der Waals surface area contributed by atoms with Crippen LogP contribution in [0.15, 0.2) is 18.2 Å². The zero-order chi connectivity index (χ0) is 19.4. The van der Waals surface area contributed by atoms with Crippen LogP contribution in [0.3, 0.4) is 0 Å². The van der Waals surface area contributed by atoms with Crippen LogP contribution in [0, 0.1) is 0 Å². The number of fused-ring (bicyclic) bond motifs is 1. The van der Waals surface area contributed by atoms with Crippen LogP contribution in [0.2, 0.25) is 0 Å². The van der Waals surface area contributed by atoms with Crippen molar-refractivity contribution >= 4 is 10.0 Å². The molecule has 0 aromatic heterocycles. The van der Waals surface area contributed by atoms with Gasteiger partial charge in [0.05, 0.1) is 18.9 Å². The Morgan fingerprint density at radius 3 is 2.62 bits per heavy atom. The van der Waals surface area contributed by atoms with Crippen LogP contribution in [0.25, 0.3) is 0 Å². The Bertz CT molecular complexity index is 702. The highest BCUT2D eigenvalue weighted by molar-refractivity contribution is 7.88. The van der Waals surface area contributed by atoms with Crippen molar-refractivity contribution in [2.45, 2.75) is 52.2 Å². The summed E-state index contributed by atoms with van der Waals surface area (Å²) in [6, 6.07) is 5.39. The van der Waals surface area contributed by atoms with Crippen LogP contribution in [-0.2, 0) is 14.8 Å². The monoisotopic (exact) mass is 385 g/mol. The van der Waals surface area contributed by atoms with Gasteiger partial charge in [0.2, 0.25) is 10.0 Å². The number of nitrogens with zero attached hydrogens (tertiary/aromatic N) is 1. The summed E-state index contributed by atoms with van der Waals surface area (Å²) in [5, 5.41) is 0. The fourth-order valence-corrected chi connectivity index (χ4v) is 4.44. The molecule has 1 aromatic carbocycles. The molecule has 0 aliphatic carbocycles. The molecule has 0 saturated heterocycles. The SMILES string of the molecule is CCOCCCOc1ccc2c(c1)C(N(CC)S(C)(=O)=O)CC(C)(C)O2. The molecule has 6 nitrogen and oxygen atoms in total. The maximum Gasteiger partial charge on any atom is 0.211 e. The van der Waals surface area contributed by atoms with E-state index < -0.39 is 15.6 Å². The minimum Gasteiger partial charge on any atom is -0.493 e. The molecule has 0 saturated carbocycles. The van der Waals surface area contributed by atoms with Crippen LogP contribution >= 0.6 is 0 Å². The number of hydrogen-bond donors (Lipinski definition) is 0. The minimum atomic E-state index is -3.33. The second-order valence-electron chi connectivity index (χ2n) is 7.15. The molecule has 0 bridgehead atoms. The van der Waals surface area contributed by atoms with E-state index in [0.29, 0.717) is 32.8 Å². The molecule has 1 unspecified atom stereocenters. The molecule has 1 aromatic rings. The van der Waals surface area contributed by atoms with Gasteiger partial charge >= 0.3 is 0 Å². The van der Waals surface area contributed by atoms with E-state index in [1.54, 1.807) is 0 Å². The zero-order valence-electron chi connectivity index (χ0n) is 16.4. The molecule has 0 spiro atoms. The Balaban J connectivity index is 2.26. The minimum absolute atomic E-state index is 0.263. The van der Waals surface area contributed by atoms with Gasteiger partial charge in [-0.15, -0.1) is 0 Å². The Labute approximate surface area is 157 Å². The van der Waals surface area contributed by atoms with Gasteiger partial charge in [-0.2, -0.15) is 4.31 Å². The second-order valence-corrected chi connectivity index (χ2v) is 9.08. The molecule has 1 aliphatic rings. The lowest BCUT2D eigenvalue weighted by Crippen LogP contribution is -2.43. The topological polar surface area (TPSA) is 65.1 Å². The summed E-state index contributed by atoms with van der Waals surface area (Å²) >= 11 is 0. The maximum absolute atomic E-state index is 12.3. The molecule has 2 rings (SSSR count). The van der Waals surface area contributed by atoms with Gasteiger partial charge in [-0.05, 0) is 39.0 Å². The number of hydrogen-bond acceptors (Lipinski definition) is 5. The van der Waals surface area contributed by atoms with Crippen molar-refractivity contribution in [2.75, 3.05) is 32.6 Å². The standard InChI is InChI=1S/C19H31NO5S/c1-6-20(26(5,21)22)17-14-19(3,4)25-18-10-9-15(13-16(17)18)24-12-8-11-23-7-2/h9-10,13,17H,6-8,11-12,14H2,1-5H3. The van der Waals surface area contributed by atoms with Crippen LogP contribution in [0.5, 0.6) is 11.5 Å². The summed E-state index contributed by atoms with van der Waals surface area (Å²) in [6.45, 7) is 10.1. The predicted octanol–water partition coefficient (Wildman–Crippen LogP) is 3.38. The average molecular weight is 386 g/mol. The summed E-state index contributed by atoms with van der Waals surface area (Å²) < 4.78 is 43.3. The van der Waals surface area contributed by atoms with Crippen molar-refractivity contribution in [3.63, 3.8) is 0 Å². The van der Waals surface area contributed by atoms with Crippen LogP contribution in [0.4, 0.5) is 0 Å². The summed E-state index contributed by atoms with van der Waals surface area (Å²) in [6.07, 6.45) is 2.66. The lowest BCUT2D eigenvalue weighted by Gasteiger charge is -2.41. The highest BCUT2D eigenvalue weighted by atomic mass is 32.2. The average Bonchev–Trinajstić information content (AvgIpc) is 2.53. The van der Waals surface area contributed by atoms with Crippen molar-refractivity contribution in [1.82, 2.24) is 4.31 Å². The number of benzene rings is 1. The number of rotatable bonds is 9. The molecule has 1 atom stereocenters. The zero-order valence-corrected chi connectivity index (χ0v) is 17.3. The first-order valence-electron chi connectivity index (χ1n) is 9.18. The van der Waals surface area contributed by atoms with Gasteiger partial charge in [0.1, 0.15) is 17.1 Å². The molecule has 1 heterocycles. The fourth-order valence-electron chi connectivity index (χ4n) is 3.32. The normalized spacial score (nSPS) is 19.1. The molecular weight excluding hydrogens is 354 g/mol. The Morgan fingerprint density at radius 1 is 1.27 bits per heavy atom. The van der Waals surface area contributed by atoms with Crippen LogP contribution in [-0.4, -0.2) is 50.9 Å². The van der Waals surface area contributed by atoms with E-state index in [-0.39, 0.29) is 6.04 Å². The Hall–Kier alpha value is -1.31. The van der Waals surface area contributed by atoms with Crippen LogP contribution in [0.1, 0.15) is 52.1 Å². The third-order valence-corrected chi connectivity index (χ3v) is 5.77. The Kier molecular flexibility index (Phi) is 6.93. The molecule has 0 fully saturated rings. The van der Waals surface area contributed by atoms with Gasteiger partial charge in [-0.25, -0.2) is 8.42 Å². The van der Waals surface area contributed by atoms with Gasteiger partial charge < -0.3 is 14.2 Å². The first-order valence-corrected chi connectivity index (χ1v) is 11.0. The third kappa shape index (κ3) is 5.34. The fraction of sp³-hybridized carbons (Fsp3) is 0.684. The van der Waals surface area contributed by atoms with Gasteiger partial charge in [-0.1, -0.05) is 6.92 Å². The first kappa shape index (κ1) is 21.0. The van der Waals surface area contributed by atoms with Gasteiger partial charge in [0.25, 0.3) is 0 Å². The van der Waals surface area contributed by atoms with Gasteiger partial charge in [0, 0.05) is 38.2 Å². The number of sulfonamides is 1. The van der Waals surface area contributed by atoms with E-state index in [4.69, 9.17) is 14.2 Å². The van der Waals surface area contributed by atoms with Gasteiger partial charge in [-0.3, -0.25) is 0 Å². The summed E-state index contributed by atoms with van der Waals surface area (Å²) in [4.78, 5) is 0. The molecule has 0 amide bonds. The quantitative estimate of drug-likeness (QED) is 0.610. The predicted molar refractivity (Wildman–Crippen MR) is 102 cm³/mol. The largest absolute Gasteiger partial charge is 0.493 e. The van der Waals surface area contributed by atoms with E-state index in [9.17, 15) is 8.42 Å². The maximum atomic E-state index is 12.3. The molecule has 1 aliphatic heterocycles. The molecule has 0 radical (unpaired) electrons. The molecular formula is C19H31NO5S. The van der Waals surface area contributed by atoms with Gasteiger partial charge in [0.15, 0.2) is 0 Å². The summed E-state index contributed by atoms with van der Waals surface area (Å²) in [5.74, 6) is 1.44. The highest BCUT2D eigenvalue weighted by Gasteiger charge is 2.39. The van der Waals surface area contributed by atoms with E-state index in [1.807, 2.05) is 45.9 Å². The highest BCUT2D eigenvalue weighted by Crippen LogP contribution is 2.44. The van der Waals surface area contributed by atoms with Crippen LogP contribution < -0.4 is 9.47 Å². The second kappa shape index (κ2) is 8.59. The number of ether oxygens (including phenoxy) is 3. The van der Waals surface area contributed by atoms with Crippen molar-refractivity contribution in [1.29, 1.82) is 0 Å². The lowest BCUT2D eigenvalue weighted by molar-refractivity contribution is 0.0509. The van der Waals surface area contributed by atoms with Crippen molar-refractivity contribution in [3.8, 4) is 11.5 Å². The third-order valence-electron chi connectivity index (χ3n) is 4.40. The van der Waals surface area contributed by atoms with Crippen molar-refractivity contribution < 1.29 is 22.6 Å². The van der Waals surface area contributed by atoms with E-state index in [1.165, 1.54) is 10.6 Å². The van der Waals surface area contributed by atoms with E-state index in [0.717, 1.165) is 23.5 Å². The summed E-state index contributed by atoms with van der Waals surface area (Å²) in [7, 11) is -3.33. The van der Waals surface area contributed by atoms with E-state index in [2.05, 4.69) is 0 Å². The Morgan fingerprint density at radius 2 is 2.00 bits per heavy atom. The van der Waals surface area contributed by atoms with Crippen molar-refractivity contribution in [3.05, 3.63) is 23.8 Å². The smallest absolute Gasteiger partial charge is 0.211 e. The lowest BCUT2D eigenvalue weighted by atomic mass is 9.89. The van der Waals surface area contributed by atoms with E-state index >= 15 is 0 Å². The van der Waals surface area contributed by atoms with Crippen molar-refractivity contribution in [2.24, 2.45) is 0 Å². The molecule has 0 N–H and O–H groups in total. The molecule has 7 heteroatoms. The molecule has 26 heavy (non-hydrogen) atoms.